The van der Waals surface area contributed by atoms with Crippen molar-refractivity contribution in [1.29, 1.82) is 0 Å². The molecule has 188 valence electrons. The molecule has 4 rings (SSSR count). The molecular formula is C26H33ClN4O4. The molecule has 0 radical (unpaired) electrons. The number of rotatable bonds is 9. The first-order chi connectivity index (χ1) is 17.0. The van der Waals surface area contributed by atoms with Gasteiger partial charge >= 0.3 is 0 Å². The highest BCUT2D eigenvalue weighted by Gasteiger charge is 2.40. The lowest BCUT2D eigenvalue weighted by atomic mass is 10.0. The Morgan fingerprint density at radius 1 is 1.11 bits per heavy atom. The Balaban J connectivity index is 1.49. The van der Waals surface area contributed by atoms with Gasteiger partial charge in [0.2, 0.25) is 11.8 Å². The highest BCUT2D eigenvalue weighted by atomic mass is 35.5. The summed E-state index contributed by atoms with van der Waals surface area (Å²) >= 11 is 6.00. The molecular weight excluding hydrogens is 468 g/mol. The van der Waals surface area contributed by atoms with Crippen LogP contribution < -0.4 is 11.1 Å². The molecule has 8 nitrogen and oxygen atoms in total. The van der Waals surface area contributed by atoms with E-state index >= 15 is 0 Å². The lowest BCUT2D eigenvalue weighted by Gasteiger charge is -2.34. The van der Waals surface area contributed by atoms with Crippen molar-refractivity contribution in [1.82, 2.24) is 15.1 Å². The second kappa shape index (κ2) is 11.7. The van der Waals surface area contributed by atoms with Gasteiger partial charge in [0.25, 0.3) is 5.91 Å². The van der Waals surface area contributed by atoms with E-state index in [0.717, 1.165) is 31.2 Å². The molecule has 9 heteroatoms. The molecule has 1 saturated heterocycles. The average Bonchev–Trinajstić information content (AvgIpc) is 3.63. The van der Waals surface area contributed by atoms with Crippen LogP contribution in [0.1, 0.15) is 54.6 Å². The summed E-state index contributed by atoms with van der Waals surface area (Å²) in [7, 11) is 0. The van der Waals surface area contributed by atoms with Gasteiger partial charge < -0.3 is 25.3 Å². The van der Waals surface area contributed by atoms with Gasteiger partial charge in [-0.15, -0.1) is 0 Å². The molecule has 0 unspecified atom stereocenters. The Morgan fingerprint density at radius 2 is 1.86 bits per heavy atom. The number of amides is 3. The van der Waals surface area contributed by atoms with Gasteiger partial charge in [-0.2, -0.15) is 0 Å². The first-order valence-electron chi connectivity index (χ1n) is 12.3. The lowest BCUT2D eigenvalue weighted by Crippen LogP contribution is -2.51. The fraction of sp³-hybridized carbons (Fsp3) is 0.500. The van der Waals surface area contributed by atoms with E-state index < -0.39 is 6.04 Å². The standard InChI is InChI=1S/C26H33ClN4O4/c27-19-9-7-18(8-10-19)16-22(29-24(32)11-13-28)25(33)30-14-12-21(17-30)31(20-4-1-2-5-20)26(34)23-6-3-15-35-23/h3,6-10,15,20-22H,1-2,4-5,11-14,16-17,28H2,(H,29,32)/t21-,22+/m0/s1. The summed E-state index contributed by atoms with van der Waals surface area (Å²) in [5, 5.41) is 3.47. The Hall–Kier alpha value is -2.84. The molecule has 2 aromatic rings. The van der Waals surface area contributed by atoms with E-state index in [9.17, 15) is 14.4 Å². The number of benzene rings is 1. The van der Waals surface area contributed by atoms with Crippen LogP contribution in [-0.4, -0.2) is 65.3 Å². The molecule has 1 aromatic carbocycles. The predicted molar refractivity (Wildman–Crippen MR) is 133 cm³/mol. The lowest BCUT2D eigenvalue weighted by molar-refractivity contribution is -0.135. The van der Waals surface area contributed by atoms with Crippen molar-refractivity contribution in [3.8, 4) is 0 Å². The molecule has 35 heavy (non-hydrogen) atoms. The van der Waals surface area contributed by atoms with Gasteiger partial charge in [-0.25, -0.2) is 0 Å². The minimum atomic E-state index is -0.713. The fourth-order valence-corrected chi connectivity index (χ4v) is 5.31. The summed E-state index contributed by atoms with van der Waals surface area (Å²) in [5.74, 6) is -0.188. The molecule has 2 fully saturated rings. The molecule has 2 atom stereocenters. The van der Waals surface area contributed by atoms with Crippen LogP contribution in [0.25, 0.3) is 0 Å². The molecule has 3 amide bonds. The Morgan fingerprint density at radius 3 is 2.51 bits per heavy atom. The number of halogens is 1. The van der Waals surface area contributed by atoms with Crippen LogP contribution in [0, 0.1) is 0 Å². The number of hydrogen-bond donors (Lipinski definition) is 2. The minimum Gasteiger partial charge on any atom is -0.459 e. The summed E-state index contributed by atoms with van der Waals surface area (Å²) in [4.78, 5) is 43.0. The van der Waals surface area contributed by atoms with Gasteiger partial charge in [-0.1, -0.05) is 36.6 Å². The van der Waals surface area contributed by atoms with Crippen LogP contribution in [0.3, 0.4) is 0 Å². The highest BCUT2D eigenvalue weighted by Crippen LogP contribution is 2.30. The molecule has 1 saturated carbocycles. The van der Waals surface area contributed by atoms with Crippen LogP contribution in [0.15, 0.2) is 47.1 Å². The number of likely N-dealkylation sites (tertiary alicyclic amines) is 1. The Bertz CT molecular complexity index is 1000. The molecule has 3 N–H and O–H groups in total. The predicted octanol–water partition coefficient (Wildman–Crippen LogP) is 3.00. The van der Waals surface area contributed by atoms with Crippen molar-refractivity contribution in [3.05, 3.63) is 59.0 Å². The first kappa shape index (κ1) is 25.3. The summed E-state index contributed by atoms with van der Waals surface area (Å²) in [6.07, 6.45) is 6.83. The summed E-state index contributed by atoms with van der Waals surface area (Å²) in [6, 6.07) is 10.0. The van der Waals surface area contributed by atoms with E-state index in [0.29, 0.717) is 36.7 Å². The summed E-state index contributed by atoms with van der Waals surface area (Å²) in [5.41, 5.74) is 6.44. The Labute approximate surface area is 210 Å². The number of carbonyl (C=O) groups is 3. The van der Waals surface area contributed by atoms with Gasteiger partial charge in [0.1, 0.15) is 6.04 Å². The van der Waals surface area contributed by atoms with Crippen LogP contribution in [-0.2, 0) is 16.0 Å². The van der Waals surface area contributed by atoms with Crippen molar-refractivity contribution in [2.75, 3.05) is 19.6 Å². The Kier molecular flexibility index (Phi) is 8.46. The van der Waals surface area contributed by atoms with Crippen LogP contribution >= 0.6 is 11.6 Å². The van der Waals surface area contributed by atoms with Gasteiger partial charge in [-0.3, -0.25) is 14.4 Å². The van der Waals surface area contributed by atoms with Gasteiger partial charge in [-0.05, 0) is 49.1 Å². The zero-order valence-corrected chi connectivity index (χ0v) is 20.6. The van der Waals surface area contributed by atoms with E-state index in [-0.39, 0.29) is 42.8 Å². The highest BCUT2D eigenvalue weighted by molar-refractivity contribution is 6.30. The minimum absolute atomic E-state index is 0.0874. The second-order valence-corrected chi connectivity index (χ2v) is 9.78. The molecule has 2 heterocycles. The molecule has 0 bridgehead atoms. The van der Waals surface area contributed by atoms with E-state index in [1.165, 1.54) is 6.26 Å². The maximum atomic E-state index is 13.6. The van der Waals surface area contributed by atoms with Gasteiger partial charge in [0.05, 0.1) is 12.3 Å². The monoisotopic (exact) mass is 500 g/mol. The van der Waals surface area contributed by atoms with Crippen LogP contribution in [0.2, 0.25) is 5.02 Å². The van der Waals surface area contributed by atoms with E-state index in [2.05, 4.69) is 5.32 Å². The van der Waals surface area contributed by atoms with Crippen molar-refractivity contribution < 1.29 is 18.8 Å². The third kappa shape index (κ3) is 6.24. The largest absolute Gasteiger partial charge is 0.459 e. The van der Waals surface area contributed by atoms with E-state index in [4.69, 9.17) is 21.8 Å². The van der Waals surface area contributed by atoms with Crippen molar-refractivity contribution in [3.63, 3.8) is 0 Å². The number of furan rings is 1. The summed E-state index contributed by atoms with van der Waals surface area (Å²) < 4.78 is 5.41. The third-order valence-electron chi connectivity index (χ3n) is 6.91. The number of nitrogens with one attached hydrogen (secondary N) is 1. The number of carbonyl (C=O) groups excluding carboxylic acids is 3. The quantitative estimate of drug-likeness (QED) is 0.550. The maximum Gasteiger partial charge on any atom is 0.290 e. The fourth-order valence-electron chi connectivity index (χ4n) is 5.18. The summed E-state index contributed by atoms with van der Waals surface area (Å²) in [6.45, 7) is 1.18. The third-order valence-corrected chi connectivity index (χ3v) is 7.16. The van der Waals surface area contributed by atoms with E-state index in [1.54, 1.807) is 29.2 Å². The number of hydrogen-bond acceptors (Lipinski definition) is 5. The van der Waals surface area contributed by atoms with Gasteiger partial charge in [0.15, 0.2) is 5.76 Å². The van der Waals surface area contributed by atoms with Crippen LogP contribution in [0.4, 0.5) is 0 Å². The maximum absolute atomic E-state index is 13.6. The average molecular weight is 501 g/mol. The molecule has 1 aliphatic heterocycles. The van der Waals surface area contributed by atoms with Crippen molar-refractivity contribution in [2.24, 2.45) is 5.73 Å². The molecule has 0 spiro atoms. The second-order valence-electron chi connectivity index (χ2n) is 9.34. The molecule has 1 aromatic heterocycles. The number of nitrogens with zero attached hydrogens (tertiary/aromatic N) is 2. The molecule has 2 aliphatic rings. The van der Waals surface area contributed by atoms with Crippen molar-refractivity contribution >= 4 is 29.3 Å². The topological polar surface area (TPSA) is 109 Å². The number of nitrogens with two attached hydrogens (primary N) is 1. The first-order valence-corrected chi connectivity index (χ1v) is 12.7. The van der Waals surface area contributed by atoms with Crippen molar-refractivity contribution in [2.45, 2.75) is 63.1 Å². The normalized spacial score (nSPS) is 19.0. The smallest absolute Gasteiger partial charge is 0.290 e. The van der Waals surface area contributed by atoms with Crippen LogP contribution in [0.5, 0.6) is 0 Å². The molecule has 1 aliphatic carbocycles. The zero-order chi connectivity index (χ0) is 24.8. The van der Waals surface area contributed by atoms with Gasteiger partial charge in [0, 0.05) is 43.5 Å². The zero-order valence-electron chi connectivity index (χ0n) is 19.8. The van der Waals surface area contributed by atoms with E-state index in [1.807, 2.05) is 17.0 Å². The SMILES string of the molecule is NCCC(=O)N[C@H](Cc1ccc(Cl)cc1)C(=O)N1CC[C@H](N(C(=O)c2ccco2)C2CCCC2)C1.